The third-order valence-corrected chi connectivity index (χ3v) is 2.52. The van der Waals surface area contributed by atoms with E-state index in [4.69, 9.17) is 10.00 Å². The Labute approximate surface area is 99.7 Å². The van der Waals surface area contributed by atoms with Crippen molar-refractivity contribution in [1.29, 1.82) is 5.26 Å². The summed E-state index contributed by atoms with van der Waals surface area (Å²) in [6.45, 7) is -0.383. The Hall–Kier alpha value is -1.61. The largest absolute Gasteiger partial charge is 0.479 e. The molecule has 0 unspecified atom stereocenters. The molecule has 0 aliphatic carbocycles. The third kappa shape index (κ3) is 2.70. The second-order valence-electron chi connectivity index (χ2n) is 2.72. The summed E-state index contributed by atoms with van der Waals surface area (Å²) in [6.07, 6.45) is 0. The zero-order valence-electron chi connectivity index (χ0n) is 8.29. The summed E-state index contributed by atoms with van der Waals surface area (Å²) in [5.41, 5.74) is 0.155. The van der Waals surface area contributed by atoms with Crippen LogP contribution >= 0.6 is 15.9 Å². The summed E-state index contributed by atoms with van der Waals surface area (Å²) >= 11 is 2.92. The number of ether oxygens (including phenoxy) is 2. The molecule has 0 aliphatic heterocycles. The minimum atomic E-state index is -0.719. The lowest BCUT2D eigenvalue weighted by molar-refractivity contribution is -0.142. The highest BCUT2D eigenvalue weighted by atomic mass is 79.9. The van der Waals surface area contributed by atoms with Crippen LogP contribution in [-0.4, -0.2) is 19.7 Å². The summed E-state index contributed by atoms with van der Waals surface area (Å²) < 4.78 is 22.8. The van der Waals surface area contributed by atoms with Gasteiger partial charge in [-0.15, -0.1) is 0 Å². The molecule has 1 aromatic carbocycles. The van der Waals surface area contributed by atoms with Crippen LogP contribution in [-0.2, 0) is 9.53 Å². The molecule has 0 saturated heterocycles. The van der Waals surface area contributed by atoms with Crippen LogP contribution < -0.4 is 4.74 Å². The van der Waals surface area contributed by atoms with Gasteiger partial charge in [0.25, 0.3) is 0 Å². The first kappa shape index (κ1) is 12.5. The first-order valence-electron chi connectivity index (χ1n) is 4.18. The lowest BCUT2D eigenvalue weighted by Crippen LogP contribution is -2.13. The lowest BCUT2D eigenvalue weighted by atomic mass is 10.2. The molecule has 0 bridgehead atoms. The first-order chi connectivity index (χ1) is 7.60. The molecule has 0 aliphatic rings. The minimum Gasteiger partial charge on any atom is -0.479 e. The summed E-state index contributed by atoms with van der Waals surface area (Å²) in [5.74, 6) is -1.45. The molecule has 16 heavy (non-hydrogen) atoms. The molecular weight excluding hydrogens is 281 g/mol. The van der Waals surface area contributed by atoms with E-state index in [0.717, 1.165) is 0 Å². The van der Waals surface area contributed by atoms with Gasteiger partial charge in [0.15, 0.2) is 18.2 Å². The van der Waals surface area contributed by atoms with Crippen LogP contribution in [0.4, 0.5) is 4.39 Å². The maximum absolute atomic E-state index is 13.5. The number of carbonyl (C=O) groups excluding carboxylic acids is 1. The Kier molecular flexibility index (Phi) is 4.26. The maximum atomic E-state index is 13.5. The van der Waals surface area contributed by atoms with Gasteiger partial charge in [0.1, 0.15) is 6.07 Å². The summed E-state index contributed by atoms with van der Waals surface area (Å²) in [5, 5.41) is 8.63. The molecule has 0 aromatic heterocycles. The van der Waals surface area contributed by atoms with Crippen molar-refractivity contribution in [3.05, 3.63) is 28.0 Å². The average Bonchev–Trinajstić information content (AvgIpc) is 2.30. The van der Waals surface area contributed by atoms with Crippen molar-refractivity contribution in [3.63, 3.8) is 0 Å². The normalized spacial score (nSPS) is 9.38. The van der Waals surface area contributed by atoms with Crippen LogP contribution in [0, 0.1) is 17.1 Å². The molecule has 0 spiro atoms. The minimum absolute atomic E-state index is 0.0114. The van der Waals surface area contributed by atoms with Crippen LogP contribution in [0.5, 0.6) is 5.75 Å². The number of hydrogen-bond acceptors (Lipinski definition) is 4. The van der Waals surface area contributed by atoms with Gasteiger partial charge < -0.3 is 9.47 Å². The van der Waals surface area contributed by atoms with E-state index in [2.05, 4.69) is 20.7 Å². The number of hydrogen-bond donors (Lipinski definition) is 0. The lowest BCUT2D eigenvalue weighted by Gasteiger charge is -2.07. The fraction of sp³-hybridized carbons (Fsp3) is 0.200. The Bertz CT molecular complexity index is 456. The first-order valence-corrected chi connectivity index (χ1v) is 4.97. The zero-order chi connectivity index (χ0) is 12.1. The summed E-state index contributed by atoms with van der Waals surface area (Å²) in [7, 11) is 1.21. The SMILES string of the molecule is COC(=O)COc1ccc(C#N)c(Br)c1F. The summed E-state index contributed by atoms with van der Waals surface area (Å²) in [4.78, 5) is 10.8. The molecule has 0 N–H and O–H groups in total. The third-order valence-electron chi connectivity index (χ3n) is 1.74. The Morgan fingerprint density at radius 2 is 2.31 bits per heavy atom. The molecule has 1 rings (SSSR count). The topological polar surface area (TPSA) is 59.3 Å². The van der Waals surface area contributed by atoms with Crippen molar-refractivity contribution >= 4 is 21.9 Å². The van der Waals surface area contributed by atoms with Crippen LogP contribution in [0.3, 0.4) is 0 Å². The smallest absolute Gasteiger partial charge is 0.343 e. The fourth-order valence-electron chi connectivity index (χ4n) is 0.925. The van der Waals surface area contributed by atoms with Crippen LogP contribution in [0.2, 0.25) is 0 Å². The Balaban J connectivity index is 2.88. The van der Waals surface area contributed by atoms with E-state index >= 15 is 0 Å². The van der Waals surface area contributed by atoms with E-state index in [9.17, 15) is 9.18 Å². The predicted molar refractivity (Wildman–Crippen MR) is 56.3 cm³/mol. The molecule has 0 amide bonds. The molecule has 0 radical (unpaired) electrons. The van der Waals surface area contributed by atoms with Gasteiger partial charge in [-0.05, 0) is 28.1 Å². The van der Waals surface area contributed by atoms with Crippen LogP contribution in [0.1, 0.15) is 5.56 Å². The number of nitrogens with zero attached hydrogens (tertiary/aromatic N) is 1. The van der Waals surface area contributed by atoms with E-state index in [1.165, 1.54) is 19.2 Å². The molecule has 0 saturated carbocycles. The Morgan fingerprint density at radius 1 is 1.62 bits per heavy atom. The monoisotopic (exact) mass is 287 g/mol. The number of nitriles is 1. The maximum Gasteiger partial charge on any atom is 0.343 e. The van der Waals surface area contributed by atoms with Gasteiger partial charge in [-0.25, -0.2) is 9.18 Å². The van der Waals surface area contributed by atoms with E-state index in [0.29, 0.717) is 0 Å². The number of carbonyl (C=O) groups is 1. The van der Waals surface area contributed by atoms with Gasteiger partial charge in [0.2, 0.25) is 0 Å². The number of benzene rings is 1. The fourth-order valence-corrected chi connectivity index (χ4v) is 1.34. The number of rotatable bonds is 3. The predicted octanol–water partition coefficient (Wildman–Crippen LogP) is 2.01. The summed E-state index contributed by atoms with van der Waals surface area (Å²) in [6, 6.07) is 4.47. The van der Waals surface area contributed by atoms with Crippen molar-refractivity contribution in [2.24, 2.45) is 0 Å². The van der Waals surface area contributed by atoms with Gasteiger partial charge in [-0.1, -0.05) is 0 Å². The van der Waals surface area contributed by atoms with Gasteiger partial charge in [-0.3, -0.25) is 0 Å². The standard InChI is InChI=1S/C10H7BrFNO3/c1-15-8(14)5-16-7-3-2-6(4-13)9(11)10(7)12/h2-3H,5H2,1H3. The molecule has 0 fully saturated rings. The van der Waals surface area contributed by atoms with E-state index in [1.807, 2.05) is 0 Å². The Morgan fingerprint density at radius 3 is 2.88 bits per heavy atom. The van der Waals surface area contributed by atoms with E-state index in [-0.39, 0.29) is 22.4 Å². The zero-order valence-corrected chi connectivity index (χ0v) is 9.88. The number of halogens is 2. The van der Waals surface area contributed by atoms with Crippen molar-refractivity contribution < 1.29 is 18.7 Å². The molecule has 6 heteroatoms. The molecule has 1 aromatic rings. The van der Waals surface area contributed by atoms with Gasteiger partial charge in [0.05, 0.1) is 17.1 Å². The van der Waals surface area contributed by atoms with Crippen molar-refractivity contribution in [1.82, 2.24) is 0 Å². The number of esters is 1. The molecule has 0 heterocycles. The highest BCUT2D eigenvalue weighted by Crippen LogP contribution is 2.28. The van der Waals surface area contributed by atoms with E-state index < -0.39 is 11.8 Å². The van der Waals surface area contributed by atoms with Crippen molar-refractivity contribution in [2.45, 2.75) is 0 Å². The quantitative estimate of drug-likeness (QED) is 0.798. The molecular formula is C10H7BrFNO3. The van der Waals surface area contributed by atoms with Crippen molar-refractivity contribution in [2.75, 3.05) is 13.7 Å². The van der Waals surface area contributed by atoms with Gasteiger partial charge >= 0.3 is 5.97 Å². The molecule has 4 nitrogen and oxygen atoms in total. The highest BCUT2D eigenvalue weighted by molar-refractivity contribution is 9.10. The molecule has 0 atom stereocenters. The number of methoxy groups -OCH3 is 1. The van der Waals surface area contributed by atoms with Crippen molar-refractivity contribution in [3.8, 4) is 11.8 Å². The van der Waals surface area contributed by atoms with Gasteiger partial charge in [-0.2, -0.15) is 5.26 Å². The average molecular weight is 288 g/mol. The second kappa shape index (κ2) is 5.47. The molecule has 84 valence electrons. The van der Waals surface area contributed by atoms with Crippen LogP contribution in [0.25, 0.3) is 0 Å². The highest BCUT2D eigenvalue weighted by Gasteiger charge is 2.13. The van der Waals surface area contributed by atoms with Crippen LogP contribution in [0.15, 0.2) is 16.6 Å². The van der Waals surface area contributed by atoms with Gasteiger partial charge in [0, 0.05) is 0 Å². The second-order valence-corrected chi connectivity index (χ2v) is 3.51. The van der Waals surface area contributed by atoms with E-state index in [1.54, 1.807) is 6.07 Å².